The Morgan fingerprint density at radius 1 is 1.07 bits per heavy atom. The predicted molar refractivity (Wildman–Crippen MR) is 151 cm³/mol. The van der Waals surface area contributed by atoms with Gasteiger partial charge in [-0.05, 0) is 61.3 Å². The average Bonchev–Trinajstić information content (AvgIpc) is 3.19. The number of piperidine rings is 1. The molecule has 1 aliphatic heterocycles. The van der Waals surface area contributed by atoms with Crippen LogP contribution in [-0.4, -0.2) is 63.3 Å². The maximum absolute atomic E-state index is 14.7. The highest BCUT2D eigenvalue weighted by Gasteiger charge is 2.34. The molecular weight excluding hydrogens is 574 g/mol. The third-order valence-electron chi connectivity index (χ3n) is 6.68. The van der Waals surface area contributed by atoms with Crippen LogP contribution in [0.1, 0.15) is 22.4 Å². The lowest BCUT2D eigenvalue weighted by Gasteiger charge is -2.33. The van der Waals surface area contributed by atoms with E-state index in [2.05, 4.69) is 22.5 Å². The van der Waals surface area contributed by atoms with Crippen LogP contribution >= 0.6 is 19.3 Å². The zero-order valence-electron chi connectivity index (χ0n) is 22.1. The van der Waals surface area contributed by atoms with Crippen LogP contribution in [0.15, 0.2) is 36.4 Å². The van der Waals surface area contributed by atoms with Crippen LogP contribution in [0.5, 0.6) is 0 Å². The van der Waals surface area contributed by atoms with E-state index in [0.29, 0.717) is 34.0 Å². The molecule has 3 nitrogen and oxygen atoms in total. The standard InChI is InChI=1S/C28H29F7N3PS/c1-38-13-11-23(21(29)16-38)37-24-7-4-6-18-19(15-27(30,31)32)25(40-26(18)24)8-5-12-36-22-10-9-17(39(2)3)14-20(22)28(33,34)35/h4,6-7,9-10,14,21,23,36-37H,11-13,15-16H2,1-3H3/t21-,23+/m0/s1. The van der Waals surface area contributed by atoms with Crippen LogP contribution in [0.4, 0.5) is 42.1 Å². The van der Waals surface area contributed by atoms with Crippen molar-refractivity contribution in [2.24, 2.45) is 0 Å². The van der Waals surface area contributed by atoms with Crippen molar-refractivity contribution in [1.29, 1.82) is 0 Å². The normalized spacial score (nSPS) is 18.6. The number of hydrogen-bond donors (Lipinski definition) is 2. The van der Waals surface area contributed by atoms with Gasteiger partial charge in [0.05, 0.1) is 39.8 Å². The molecule has 0 unspecified atom stereocenters. The predicted octanol–water partition coefficient (Wildman–Crippen LogP) is 7.31. The molecule has 2 heterocycles. The molecule has 0 saturated carbocycles. The maximum atomic E-state index is 14.7. The van der Waals surface area contributed by atoms with Crippen molar-refractivity contribution >= 4 is 46.0 Å². The van der Waals surface area contributed by atoms with Gasteiger partial charge in [0.15, 0.2) is 0 Å². The fourth-order valence-corrected chi connectivity index (χ4v) is 6.57. The summed E-state index contributed by atoms with van der Waals surface area (Å²) in [7, 11) is 1.10. The largest absolute Gasteiger partial charge is 0.418 e. The van der Waals surface area contributed by atoms with Crippen LogP contribution in [0.3, 0.4) is 0 Å². The quantitative estimate of drug-likeness (QED) is 0.176. The molecule has 2 atom stereocenters. The Kier molecular flexibility index (Phi) is 9.23. The molecule has 0 aliphatic carbocycles. The van der Waals surface area contributed by atoms with Gasteiger partial charge in [-0.3, -0.25) is 0 Å². The van der Waals surface area contributed by atoms with Gasteiger partial charge >= 0.3 is 12.4 Å². The second-order valence-electron chi connectivity index (χ2n) is 9.98. The monoisotopic (exact) mass is 603 g/mol. The second kappa shape index (κ2) is 12.1. The smallest absolute Gasteiger partial charge is 0.378 e. The van der Waals surface area contributed by atoms with Crippen molar-refractivity contribution in [1.82, 2.24) is 4.90 Å². The molecule has 1 saturated heterocycles. The summed E-state index contributed by atoms with van der Waals surface area (Å²) < 4.78 is 96.6. The number of thiophene rings is 1. The molecule has 2 aromatic carbocycles. The number of hydrogen-bond acceptors (Lipinski definition) is 4. The number of alkyl halides is 7. The van der Waals surface area contributed by atoms with Gasteiger partial charge in [0.25, 0.3) is 0 Å². The number of nitrogens with one attached hydrogen (secondary N) is 2. The van der Waals surface area contributed by atoms with Crippen molar-refractivity contribution in [2.45, 2.75) is 37.4 Å². The number of benzene rings is 2. The third kappa shape index (κ3) is 7.39. The summed E-state index contributed by atoms with van der Waals surface area (Å²) in [5.74, 6) is 5.45. The van der Waals surface area contributed by atoms with E-state index in [1.807, 2.05) is 25.3 Å². The van der Waals surface area contributed by atoms with E-state index in [4.69, 9.17) is 0 Å². The van der Waals surface area contributed by atoms with Crippen LogP contribution in [-0.2, 0) is 12.6 Å². The van der Waals surface area contributed by atoms with Gasteiger partial charge in [0, 0.05) is 18.8 Å². The zero-order valence-corrected chi connectivity index (χ0v) is 23.8. The molecule has 12 heteroatoms. The summed E-state index contributed by atoms with van der Waals surface area (Å²) in [5.41, 5.74) is -0.405. The van der Waals surface area contributed by atoms with Gasteiger partial charge in [-0.2, -0.15) is 26.3 Å². The van der Waals surface area contributed by atoms with E-state index < -0.39 is 44.5 Å². The molecule has 0 amide bonds. The van der Waals surface area contributed by atoms with E-state index in [1.54, 1.807) is 24.3 Å². The number of likely N-dealkylation sites (tertiary alicyclic amines) is 1. The van der Waals surface area contributed by atoms with Crippen LogP contribution < -0.4 is 15.9 Å². The third-order valence-corrected chi connectivity index (χ3v) is 9.18. The molecule has 1 fully saturated rings. The van der Waals surface area contributed by atoms with Crippen LogP contribution in [0.25, 0.3) is 10.1 Å². The zero-order chi connectivity index (χ0) is 29.2. The van der Waals surface area contributed by atoms with Crippen molar-refractivity contribution in [2.75, 3.05) is 50.6 Å². The summed E-state index contributed by atoms with van der Waals surface area (Å²) in [5, 5.41) is 6.83. The Morgan fingerprint density at radius 3 is 2.48 bits per heavy atom. The Bertz CT molecular complexity index is 1410. The van der Waals surface area contributed by atoms with Gasteiger partial charge < -0.3 is 15.5 Å². The van der Waals surface area contributed by atoms with E-state index in [0.717, 1.165) is 17.4 Å². The number of nitrogens with zero attached hydrogens (tertiary/aromatic N) is 1. The first-order valence-electron chi connectivity index (χ1n) is 12.5. The summed E-state index contributed by atoms with van der Waals surface area (Å²) in [6.07, 6.45) is -10.9. The van der Waals surface area contributed by atoms with E-state index in [-0.39, 0.29) is 29.2 Å². The van der Waals surface area contributed by atoms with Gasteiger partial charge in [0.2, 0.25) is 0 Å². The summed E-state index contributed by atoms with van der Waals surface area (Å²) in [6, 6.07) is 8.55. The van der Waals surface area contributed by atoms with Crippen molar-refractivity contribution in [3.8, 4) is 11.8 Å². The Morgan fingerprint density at radius 2 is 1.82 bits per heavy atom. The SMILES string of the molecule is CN1CC[C@@H](Nc2cccc3c(CC(F)(F)F)c(C#CCNc4ccc(P(C)C)cc4C(F)(F)F)sc23)[C@@H](F)C1. The minimum Gasteiger partial charge on any atom is -0.378 e. The van der Waals surface area contributed by atoms with Gasteiger partial charge in [-0.1, -0.05) is 38.0 Å². The second-order valence-corrected chi connectivity index (χ2v) is 13.3. The average molecular weight is 604 g/mol. The number of anilines is 2. The Labute approximate surface area is 233 Å². The van der Waals surface area contributed by atoms with Gasteiger partial charge in [-0.15, -0.1) is 11.3 Å². The van der Waals surface area contributed by atoms with Crippen molar-refractivity contribution in [3.05, 3.63) is 52.4 Å². The summed E-state index contributed by atoms with van der Waals surface area (Å²) in [4.78, 5) is 2.06. The van der Waals surface area contributed by atoms with Crippen molar-refractivity contribution < 1.29 is 30.7 Å². The Hall–Kier alpha value is -2.54. The molecule has 0 radical (unpaired) electrons. The first-order valence-corrected chi connectivity index (χ1v) is 15.6. The van der Waals surface area contributed by atoms with Crippen LogP contribution in [0, 0.1) is 11.8 Å². The van der Waals surface area contributed by atoms with Gasteiger partial charge in [-0.25, -0.2) is 4.39 Å². The highest BCUT2D eigenvalue weighted by Crippen LogP contribution is 2.40. The molecular formula is C28H29F7N3PS. The molecule has 1 aromatic heterocycles. The number of rotatable bonds is 6. The minimum atomic E-state index is -4.57. The lowest BCUT2D eigenvalue weighted by molar-refractivity contribution is -0.137. The topological polar surface area (TPSA) is 27.3 Å². The van der Waals surface area contributed by atoms with Gasteiger partial charge in [0.1, 0.15) is 6.17 Å². The fraction of sp³-hybridized carbons (Fsp3) is 0.429. The number of fused-ring (bicyclic) bond motifs is 1. The molecule has 3 aromatic rings. The molecule has 0 bridgehead atoms. The molecule has 40 heavy (non-hydrogen) atoms. The van der Waals surface area contributed by atoms with E-state index in [1.165, 1.54) is 6.07 Å². The molecule has 4 rings (SSSR count). The number of halogens is 7. The lowest BCUT2D eigenvalue weighted by atomic mass is 10.0. The first-order chi connectivity index (χ1) is 18.7. The lowest BCUT2D eigenvalue weighted by Crippen LogP contribution is -2.46. The van der Waals surface area contributed by atoms with E-state index >= 15 is 0 Å². The molecule has 2 N–H and O–H groups in total. The summed E-state index contributed by atoms with van der Waals surface area (Å²) in [6.45, 7) is 4.48. The maximum Gasteiger partial charge on any atom is 0.418 e. The first kappa shape index (κ1) is 30.4. The summed E-state index contributed by atoms with van der Waals surface area (Å²) >= 11 is 1.07. The van der Waals surface area contributed by atoms with Crippen LogP contribution in [0.2, 0.25) is 0 Å². The molecule has 0 spiro atoms. The highest BCUT2D eigenvalue weighted by molar-refractivity contribution is 7.64. The highest BCUT2D eigenvalue weighted by atomic mass is 32.1. The van der Waals surface area contributed by atoms with E-state index in [9.17, 15) is 30.7 Å². The minimum absolute atomic E-state index is 0.00315. The Balaban J connectivity index is 1.62. The molecule has 1 aliphatic rings. The van der Waals surface area contributed by atoms with Crippen molar-refractivity contribution in [3.63, 3.8) is 0 Å². The molecule has 216 valence electrons. The fourth-order valence-electron chi connectivity index (χ4n) is 4.64.